The summed E-state index contributed by atoms with van der Waals surface area (Å²) in [5.74, 6) is 0.0382. The van der Waals surface area contributed by atoms with Crippen LogP contribution in [0.1, 0.15) is 16.8 Å². The maximum Gasteiger partial charge on any atom is 0.225 e. The third-order valence-corrected chi connectivity index (χ3v) is 5.44. The molecule has 0 fully saturated rings. The molecule has 2 heterocycles. The molecule has 136 valence electrons. The third-order valence-electron chi connectivity index (χ3n) is 4.55. The molecule has 0 atom stereocenters. The topological polar surface area (TPSA) is 46.4 Å². The molecule has 4 nitrogen and oxygen atoms in total. The van der Waals surface area contributed by atoms with E-state index >= 15 is 0 Å². The number of nitrogens with zero attached hydrogens (tertiary/aromatic N) is 2. The Morgan fingerprint density at radius 3 is 2.67 bits per heavy atom. The summed E-state index contributed by atoms with van der Waals surface area (Å²) in [6.45, 7) is 2.72. The SMILES string of the molecule is Cc1ccc(-c2cn3c(CC(=O)NCCc4ccccc4)csc3n2)cc1. The number of carbonyl (C=O) groups is 1. The molecule has 1 amide bonds. The highest BCUT2D eigenvalue weighted by Gasteiger charge is 2.12. The van der Waals surface area contributed by atoms with Gasteiger partial charge in [-0.1, -0.05) is 60.2 Å². The number of aromatic nitrogens is 2. The fraction of sp³-hybridized carbons (Fsp3) is 0.182. The third kappa shape index (κ3) is 4.09. The monoisotopic (exact) mass is 375 g/mol. The van der Waals surface area contributed by atoms with Crippen LogP contribution in [0.2, 0.25) is 0 Å². The first kappa shape index (κ1) is 17.5. The summed E-state index contributed by atoms with van der Waals surface area (Å²) >= 11 is 1.57. The molecule has 5 heteroatoms. The number of benzene rings is 2. The van der Waals surface area contributed by atoms with E-state index in [1.54, 1.807) is 11.3 Å². The zero-order chi connectivity index (χ0) is 18.6. The van der Waals surface area contributed by atoms with Gasteiger partial charge < -0.3 is 5.32 Å². The van der Waals surface area contributed by atoms with Gasteiger partial charge in [0, 0.05) is 29.4 Å². The Morgan fingerprint density at radius 1 is 1.11 bits per heavy atom. The second kappa shape index (κ2) is 7.76. The fourth-order valence-electron chi connectivity index (χ4n) is 3.04. The highest BCUT2D eigenvalue weighted by atomic mass is 32.1. The summed E-state index contributed by atoms with van der Waals surface area (Å²) in [6.07, 6.45) is 3.22. The predicted molar refractivity (Wildman–Crippen MR) is 110 cm³/mol. The van der Waals surface area contributed by atoms with Gasteiger partial charge in [-0.3, -0.25) is 9.20 Å². The van der Waals surface area contributed by atoms with Crippen molar-refractivity contribution < 1.29 is 4.79 Å². The molecule has 0 bridgehead atoms. The van der Waals surface area contributed by atoms with Crippen molar-refractivity contribution in [2.24, 2.45) is 0 Å². The highest BCUT2D eigenvalue weighted by Crippen LogP contribution is 2.24. The molecule has 0 spiro atoms. The maximum atomic E-state index is 12.3. The van der Waals surface area contributed by atoms with E-state index in [1.807, 2.05) is 34.2 Å². The van der Waals surface area contributed by atoms with Crippen LogP contribution in [0.4, 0.5) is 0 Å². The van der Waals surface area contributed by atoms with Crippen molar-refractivity contribution in [1.82, 2.24) is 14.7 Å². The van der Waals surface area contributed by atoms with Crippen LogP contribution in [0.15, 0.2) is 66.2 Å². The van der Waals surface area contributed by atoms with Crippen LogP contribution in [-0.4, -0.2) is 21.8 Å². The summed E-state index contributed by atoms with van der Waals surface area (Å²) in [5.41, 5.74) is 5.46. The molecular weight excluding hydrogens is 354 g/mol. The zero-order valence-electron chi connectivity index (χ0n) is 15.2. The lowest BCUT2D eigenvalue weighted by Crippen LogP contribution is -2.27. The van der Waals surface area contributed by atoms with E-state index in [9.17, 15) is 4.79 Å². The molecule has 2 aromatic heterocycles. The number of thiazole rings is 1. The summed E-state index contributed by atoms with van der Waals surface area (Å²) in [7, 11) is 0. The van der Waals surface area contributed by atoms with E-state index < -0.39 is 0 Å². The van der Waals surface area contributed by atoms with Gasteiger partial charge in [0.05, 0.1) is 12.1 Å². The van der Waals surface area contributed by atoms with Crippen molar-refractivity contribution in [3.05, 3.63) is 83.0 Å². The molecule has 0 radical (unpaired) electrons. The average molecular weight is 375 g/mol. The minimum Gasteiger partial charge on any atom is -0.355 e. The fourth-order valence-corrected chi connectivity index (χ4v) is 3.91. The highest BCUT2D eigenvalue weighted by molar-refractivity contribution is 7.15. The molecule has 4 rings (SSSR count). The van der Waals surface area contributed by atoms with Crippen LogP contribution < -0.4 is 5.32 Å². The number of nitrogens with one attached hydrogen (secondary N) is 1. The first-order chi connectivity index (χ1) is 13.2. The molecule has 2 aromatic carbocycles. The Bertz CT molecular complexity index is 1050. The number of hydrogen-bond acceptors (Lipinski definition) is 3. The number of rotatable bonds is 6. The molecule has 0 aliphatic rings. The standard InChI is InChI=1S/C22H21N3OS/c1-16-7-9-18(10-8-16)20-14-25-19(15-27-22(25)24-20)13-21(26)23-12-11-17-5-3-2-4-6-17/h2-10,14-15H,11-13H2,1H3,(H,23,26). The molecule has 0 saturated carbocycles. The van der Waals surface area contributed by atoms with Crippen LogP contribution in [-0.2, 0) is 17.6 Å². The number of fused-ring (bicyclic) bond motifs is 1. The molecular formula is C22H21N3OS. The first-order valence-electron chi connectivity index (χ1n) is 9.02. The Labute approximate surface area is 162 Å². The van der Waals surface area contributed by atoms with E-state index in [0.717, 1.165) is 28.3 Å². The summed E-state index contributed by atoms with van der Waals surface area (Å²) in [4.78, 5) is 17.9. The lowest BCUT2D eigenvalue weighted by molar-refractivity contribution is -0.120. The van der Waals surface area contributed by atoms with Gasteiger partial charge in [0.2, 0.25) is 5.91 Å². The van der Waals surface area contributed by atoms with E-state index in [2.05, 4.69) is 48.6 Å². The molecule has 0 aliphatic heterocycles. The second-order valence-corrected chi connectivity index (χ2v) is 7.47. The summed E-state index contributed by atoms with van der Waals surface area (Å²) in [6, 6.07) is 18.5. The van der Waals surface area contributed by atoms with E-state index in [1.165, 1.54) is 11.1 Å². The van der Waals surface area contributed by atoms with Crippen molar-refractivity contribution in [3.63, 3.8) is 0 Å². The largest absolute Gasteiger partial charge is 0.355 e. The lowest BCUT2D eigenvalue weighted by atomic mass is 10.1. The van der Waals surface area contributed by atoms with Crippen molar-refractivity contribution in [1.29, 1.82) is 0 Å². The predicted octanol–water partition coefficient (Wildman–Crippen LogP) is 4.27. The van der Waals surface area contributed by atoms with Crippen LogP contribution >= 0.6 is 11.3 Å². The Kier molecular flexibility index (Phi) is 5.03. The summed E-state index contributed by atoms with van der Waals surface area (Å²) < 4.78 is 2.02. The van der Waals surface area contributed by atoms with Crippen LogP contribution in [0, 0.1) is 6.92 Å². The van der Waals surface area contributed by atoms with Gasteiger partial charge in [-0.25, -0.2) is 4.98 Å². The number of aryl methyl sites for hydroxylation is 1. The number of amides is 1. The number of imidazole rings is 1. The molecule has 4 aromatic rings. The Morgan fingerprint density at radius 2 is 1.89 bits per heavy atom. The molecule has 1 N–H and O–H groups in total. The minimum atomic E-state index is 0.0382. The van der Waals surface area contributed by atoms with Crippen LogP contribution in [0.5, 0.6) is 0 Å². The van der Waals surface area contributed by atoms with E-state index in [0.29, 0.717) is 13.0 Å². The maximum absolute atomic E-state index is 12.3. The van der Waals surface area contributed by atoms with Crippen molar-refractivity contribution in [2.75, 3.05) is 6.54 Å². The van der Waals surface area contributed by atoms with E-state index in [4.69, 9.17) is 4.98 Å². The average Bonchev–Trinajstić information content (AvgIpc) is 3.25. The molecule has 0 aliphatic carbocycles. The molecule has 27 heavy (non-hydrogen) atoms. The first-order valence-corrected chi connectivity index (χ1v) is 9.90. The van der Waals surface area contributed by atoms with Crippen molar-refractivity contribution >= 4 is 22.2 Å². The Balaban J connectivity index is 1.41. The number of carbonyl (C=O) groups excluding carboxylic acids is 1. The minimum absolute atomic E-state index is 0.0382. The van der Waals surface area contributed by atoms with Gasteiger partial charge in [-0.05, 0) is 18.9 Å². The van der Waals surface area contributed by atoms with Gasteiger partial charge in [-0.15, -0.1) is 11.3 Å². The zero-order valence-corrected chi connectivity index (χ0v) is 16.0. The van der Waals surface area contributed by atoms with Gasteiger partial charge >= 0.3 is 0 Å². The quantitative estimate of drug-likeness (QED) is 0.547. The van der Waals surface area contributed by atoms with Gasteiger partial charge in [0.1, 0.15) is 0 Å². The van der Waals surface area contributed by atoms with Gasteiger partial charge in [-0.2, -0.15) is 0 Å². The summed E-state index contributed by atoms with van der Waals surface area (Å²) in [5, 5.41) is 5.02. The van der Waals surface area contributed by atoms with Crippen molar-refractivity contribution in [3.8, 4) is 11.3 Å². The van der Waals surface area contributed by atoms with E-state index in [-0.39, 0.29) is 5.91 Å². The number of hydrogen-bond donors (Lipinski definition) is 1. The molecule has 0 saturated heterocycles. The Hall–Kier alpha value is -2.92. The normalized spacial score (nSPS) is 11.0. The van der Waals surface area contributed by atoms with Gasteiger partial charge in [0.15, 0.2) is 4.96 Å². The van der Waals surface area contributed by atoms with Crippen molar-refractivity contribution in [2.45, 2.75) is 19.8 Å². The van der Waals surface area contributed by atoms with Gasteiger partial charge in [0.25, 0.3) is 0 Å². The van der Waals surface area contributed by atoms with Crippen LogP contribution in [0.25, 0.3) is 16.2 Å². The smallest absolute Gasteiger partial charge is 0.225 e. The lowest BCUT2D eigenvalue weighted by Gasteiger charge is -2.05. The van der Waals surface area contributed by atoms with Crippen LogP contribution in [0.3, 0.4) is 0 Å². The second-order valence-electron chi connectivity index (χ2n) is 6.63. The molecule has 0 unspecified atom stereocenters.